The van der Waals surface area contributed by atoms with Gasteiger partial charge in [-0.3, -0.25) is 4.79 Å². The summed E-state index contributed by atoms with van der Waals surface area (Å²) in [5.74, 6) is -0.768. The predicted molar refractivity (Wildman–Crippen MR) is 79.0 cm³/mol. The largest absolute Gasteiger partial charge is 0.670 e. The van der Waals surface area contributed by atoms with Crippen LogP contribution in [0.25, 0.3) is 5.73 Å². The third-order valence-electron chi connectivity index (χ3n) is 3.40. The molecule has 108 valence electrons. The molecule has 2 rings (SSSR count). The van der Waals surface area contributed by atoms with E-state index in [4.69, 9.17) is 11.5 Å². The van der Waals surface area contributed by atoms with E-state index in [1.165, 1.54) is 0 Å². The zero-order chi connectivity index (χ0) is 14.0. The Labute approximate surface area is 152 Å². The monoisotopic (exact) mass is 359 g/mol. The smallest absolute Gasteiger partial charge is 0.225 e. The quantitative estimate of drug-likeness (QED) is 0.622. The summed E-state index contributed by atoms with van der Waals surface area (Å²) in [5.41, 5.74) is 14.4. The molecule has 1 aromatic carbocycles. The summed E-state index contributed by atoms with van der Waals surface area (Å²) < 4.78 is 0. The van der Waals surface area contributed by atoms with Crippen molar-refractivity contribution in [3.8, 4) is 0 Å². The van der Waals surface area contributed by atoms with Crippen LogP contribution in [0.15, 0.2) is 18.2 Å². The van der Waals surface area contributed by atoms with Gasteiger partial charge < -0.3 is 28.5 Å². The minimum absolute atomic E-state index is 0. The fourth-order valence-corrected chi connectivity index (χ4v) is 2.35. The molecule has 0 fully saturated rings. The summed E-state index contributed by atoms with van der Waals surface area (Å²) in [6, 6.07) is 5.52. The number of anilines is 1. The van der Waals surface area contributed by atoms with Gasteiger partial charge in [-0.05, 0) is 36.1 Å². The molecule has 1 aliphatic rings. The first-order valence-electron chi connectivity index (χ1n) is 6.18. The van der Waals surface area contributed by atoms with Crippen molar-refractivity contribution < 1.29 is 42.3 Å². The van der Waals surface area contributed by atoms with Gasteiger partial charge in [-0.1, -0.05) is 6.07 Å². The maximum atomic E-state index is 11.5. The molecule has 7 heteroatoms. The Kier molecular flexibility index (Phi) is 7.79. The van der Waals surface area contributed by atoms with Crippen molar-refractivity contribution in [3.05, 3.63) is 42.0 Å². The second-order valence-electron chi connectivity index (χ2n) is 5.03. The Hall–Kier alpha value is -0.711. The molecule has 0 bridgehead atoms. The number of rotatable bonds is 4. The number of carbonyl (C=O) groups is 2. The molecule has 0 heterocycles. The van der Waals surface area contributed by atoms with Gasteiger partial charge in [0.1, 0.15) is 0 Å². The summed E-state index contributed by atoms with van der Waals surface area (Å²) in [7, 11) is 0. The molecule has 1 atom stereocenters. The minimum atomic E-state index is -0.873. The number of amides is 2. The van der Waals surface area contributed by atoms with Crippen LogP contribution in [0.1, 0.15) is 17.5 Å². The van der Waals surface area contributed by atoms with Crippen molar-refractivity contribution in [2.45, 2.75) is 19.3 Å². The fourth-order valence-electron chi connectivity index (χ4n) is 2.35. The van der Waals surface area contributed by atoms with E-state index < -0.39 is 11.3 Å². The van der Waals surface area contributed by atoms with E-state index in [0.29, 0.717) is 25.1 Å². The first-order chi connectivity index (χ1) is 8.94. The van der Waals surface area contributed by atoms with Crippen LogP contribution in [0.4, 0.5) is 5.69 Å². The zero-order valence-corrected chi connectivity index (χ0v) is 14.7. The first kappa shape index (κ1) is 20.3. The van der Waals surface area contributed by atoms with E-state index in [0.717, 1.165) is 11.1 Å². The summed E-state index contributed by atoms with van der Waals surface area (Å²) in [6.45, 7) is 4.17. The molecule has 21 heavy (non-hydrogen) atoms. The summed E-state index contributed by atoms with van der Waals surface area (Å²) in [4.78, 5) is 22.8. The minimum Gasteiger partial charge on any atom is -0.670 e. The number of hydrogen-bond acceptors (Lipinski definition) is 3. The van der Waals surface area contributed by atoms with Crippen LogP contribution in [0, 0.1) is 12.3 Å². The number of benzene rings is 1. The van der Waals surface area contributed by atoms with E-state index in [9.17, 15) is 9.59 Å². The number of hydrogen-bond donors (Lipinski definition) is 2. The van der Waals surface area contributed by atoms with Gasteiger partial charge in [-0.2, -0.15) is 0 Å². The molecule has 2 amide bonds. The van der Waals surface area contributed by atoms with Crippen LogP contribution < -0.4 is 11.1 Å². The van der Waals surface area contributed by atoms with Gasteiger partial charge in [0, 0.05) is 65.7 Å². The molecular formula is C14H17BN3O2Y-2. The van der Waals surface area contributed by atoms with E-state index in [-0.39, 0.29) is 53.5 Å². The third kappa shape index (κ3) is 4.63. The van der Waals surface area contributed by atoms with Crippen LogP contribution in [-0.2, 0) is 55.1 Å². The van der Waals surface area contributed by atoms with E-state index in [1.807, 2.05) is 12.1 Å². The summed E-state index contributed by atoms with van der Waals surface area (Å²) in [5, 5.41) is 2.76. The van der Waals surface area contributed by atoms with Gasteiger partial charge >= 0.3 is 0 Å². The molecular weight excluding hydrogens is 342 g/mol. The van der Waals surface area contributed by atoms with Crippen molar-refractivity contribution in [3.63, 3.8) is 0 Å². The normalized spacial score (nSPS) is 19.0. The Bertz CT molecular complexity index is 539. The standard InChI is InChI=1S/C14H18N3O2.B.Y/c1-14(13(16)19)7-9-2-3-11(6-10(9)8-14)17-12(18)4-5-15;;/h2-3,6H,1,4-5,7-8,15H2,(H3,16,17,18,19);;/q-1;;/p-1. The van der Waals surface area contributed by atoms with Crippen molar-refractivity contribution in [2.75, 3.05) is 11.9 Å². The van der Waals surface area contributed by atoms with E-state index in [1.54, 1.807) is 6.07 Å². The van der Waals surface area contributed by atoms with Crippen LogP contribution in [0.5, 0.6) is 0 Å². The third-order valence-corrected chi connectivity index (χ3v) is 3.40. The molecule has 4 radical (unpaired) electrons. The molecule has 5 nitrogen and oxygen atoms in total. The van der Waals surface area contributed by atoms with E-state index in [2.05, 4.69) is 12.2 Å². The SMILES string of the molecule is [B].[CH2-]C1(C([NH-])=O)Cc2ccc(NC(=O)CCN)cc2C1.[Y]. The van der Waals surface area contributed by atoms with Crippen LogP contribution in [0.3, 0.4) is 0 Å². The van der Waals surface area contributed by atoms with Gasteiger partial charge in [-0.15, -0.1) is 5.41 Å². The Balaban J connectivity index is 0.00000200. The van der Waals surface area contributed by atoms with Gasteiger partial charge in [0.15, 0.2) is 0 Å². The number of carbonyl (C=O) groups excluding carboxylic acids is 2. The van der Waals surface area contributed by atoms with Gasteiger partial charge in [-0.25, -0.2) is 0 Å². The van der Waals surface area contributed by atoms with Gasteiger partial charge in [0.2, 0.25) is 5.91 Å². The first-order valence-corrected chi connectivity index (χ1v) is 6.18. The molecule has 0 saturated heterocycles. The summed E-state index contributed by atoms with van der Waals surface area (Å²) in [6.07, 6.45) is 1.22. The van der Waals surface area contributed by atoms with Gasteiger partial charge in [0.05, 0.1) is 0 Å². The molecule has 0 saturated carbocycles. The molecule has 0 aliphatic heterocycles. The van der Waals surface area contributed by atoms with Crippen molar-refractivity contribution in [2.24, 2.45) is 11.1 Å². The predicted octanol–water partition coefficient (Wildman–Crippen LogP) is 1.09. The second-order valence-corrected chi connectivity index (χ2v) is 5.03. The number of nitrogens with two attached hydrogens (primary N) is 1. The fraction of sp³-hybridized carbons (Fsp3) is 0.357. The summed E-state index contributed by atoms with van der Waals surface area (Å²) >= 11 is 0. The maximum absolute atomic E-state index is 11.5. The number of nitrogens with one attached hydrogen (secondary N) is 2. The Morgan fingerprint density at radius 1 is 1.33 bits per heavy atom. The topological polar surface area (TPSA) is 96.0 Å². The van der Waals surface area contributed by atoms with Gasteiger partial charge in [0.25, 0.3) is 0 Å². The van der Waals surface area contributed by atoms with Crippen LogP contribution >= 0.6 is 0 Å². The Morgan fingerprint density at radius 3 is 2.52 bits per heavy atom. The molecule has 0 aromatic heterocycles. The maximum Gasteiger partial charge on any atom is 0.225 e. The second kappa shape index (κ2) is 8.06. The molecule has 1 aliphatic carbocycles. The number of fused-ring (bicyclic) bond motifs is 1. The Morgan fingerprint density at radius 2 is 1.95 bits per heavy atom. The van der Waals surface area contributed by atoms with Crippen LogP contribution in [0.2, 0.25) is 0 Å². The van der Waals surface area contributed by atoms with Crippen molar-refractivity contribution >= 4 is 25.9 Å². The molecule has 1 aromatic rings. The average Bonchev–Trinajstić information content (AvgIpc) is 2.66. The van der Waals surface area contributed by atoms with Crippen molar-refractivity contribution in [1.29, 1.82) is 0 Å². The molecule has 1 unspecified atom stereocenters. The van der Waals surface area contributed by atoms with Crippen LogP contribution in [-0.4, -0.2) is 26.8 Å². The molecule has 0 spiro atoms. The van der Waals surface area contributed by atoms with E-state index >= 15 is 0 Å². The van der Waals surface area contributed by atoms with Crippen molar-refractivity contribution in [1.82, 2.24) is 0 Å². The zero-order valence-electron chi connectivity index (χ0n) is 11.8. The average molecular weight is 359 g/mol. The molecule has 4 N–H and O–H groups in total.